The van der Waals surface area contributed by atoms with Gasteiger partial charge in [-0.1, -0.05) is 20.3 Å². The largest absolute Gasteiger partial charge is 0.388 e. The third kappa shape index (κ3) is 4.10. The molecular weight excluding hydrogens is 264 g/mol. The summed E-state index contributed by atoms with van der Waals surface area (Å²) in [5.41, 5.74) is -0.0357. The van der Waals surface area contributed by atoms with Crippen LogP contribution in [0.5, 0.6) is 0 Å². The van der Waals surface area contributed by atoms with Crippen LogP contribution in [0.4, 0.5) is 0 Å². The molecule has 0 unspecified atom stereocenters. The summed E-state index contributed by atoms with van der Waals surface area (Å²) in [6.07, 6.45) is 7.83. The standard InChI is InChI=1S/C17H28N2O2/c1-3-11-19-12-5-6-15(19)16(20)18-13-17(21)9-7-14(4-2)8-10-17/h5-6,12,14,21H,3-4,7-11,13H2,1-2H3,(H,18,20). The highest BCUT2D eigenvalue weighted by molar-refractivity contribution is 5.92. The summed E-state index contributed by atoms with van der Waals surface area (Å²) in [7, 11) is 0. The fraction of sp³-hybridized carbons (Fsp3) is 0.706. The lowest BCUT2D eigenvalue weighted by Gasteiger charge is -2.35. The van der Waals surface area contributed by atoms with E-state index in [9.17, 15) is 9.90 Å². The van der Waals surface area contributed by atoms with Gasteiger partial charge in [0, 0.05) is 19.3 Å². The summed E-state index contributed by atoms with van der Waals surface area (Å²) < 4.78 is 1.97. The highest BCUT2D eigenvalue weighted by atomic mass is 16.3. The molecule has 1 aliphatic carbocycles. The molecule has 1 saturated carbocycles. The van der Waals surface area contributed by atoms with E-state index < -0.39 is 5.60 Å². The Labute approximate surface area is 127 Å². The van der Waals surface area contributed by atoms with Crippen LogP contribution in [-0.2, 0) is 6.54 Å². The summed E-state index contributed by atoms with van der Waals surface area (Å²) in [5, 5.41) is 13.5. The van der Waals surface area contributed by atoms with Crippen molar-refractivity contribution >= 4 is 5.91 Å². The Morgan fingerprint density at radius 2 is 2.14 bits per heavy atom. The van der Waals surface area contributed by atoms with Crippen LogP contribution in [0.2, 0.25) is 0 Å². The van der Waals surface area contributed by atoms with Crippen molar-refractivity contribution in [3.8, 4) is 0 Å². The Morgan fingerprint density at radius 1 is 1.43 bits per heavy atom. The first-order valence-electron chi connectivity index (χ1n) is 8.23. The molecule has 1 fully saturated rings. The number of aliphatic hydroxyl groups is 1. The van der Waals surface area contributed by atoms with Gasteiger partial charge in [-0.15, -0.1) is 0 Å². The Morgan fingerprint density at radius 3 is 2.76 bits per heavy atom. The second-order valence-corrected chi connectivity index (χ2v) is 6.35. The second kappa shape index (κ2) is 7.12. The fourth-order valence-electron chi connectivity index (χ4n) is 3.19. The van der Waals surface area contributed by atoms with E-state index in [4.69, 9.17) is 0 Å². The molecule has 4 heteroatoms. The molecule has 0 aliphatic heterocycles. The van der Waals surface area contributed by atoms with E-state index in [0.29, 0.717) is 12.2 Å². The third-order valence-corrected chi connectivity index (χ3v) is 4.72. The molecule has 2 rings (SSSR count). The molecule has 1 heterocycles. The summed E-state index contributed by atoms with van der Waals surface area (Å²) in [4.78, 5) is 12.3. The number of carbonyl (C=O) groups excluding carboxylic acids is 1. The van der Waals surface area contributed by atoms with E-state index in [1.807, 2.05) is 22.9 Å². The number of hydrogen-bond donors (Lipinski definition) is 2. The van der Waals surface area contributed by atoms with Gasteiger partial charge in [0.25, 0.3) is 5.91 Å². The molecule has 118 valence electrons. The zero-order valence-electron chi connectivity index (χ0n) is 13.3. The van der Waals surface area contributed by atoms with E-state index >= 15 is 0 Å². The lowest BCUT2D eigenvalue weighted by Crippen LogP contribution is -2.45. The molecular formula is C17H28N2O2. The van der Waals surface area contributed by atoms with Gasteiger partial charge < -0.3 is 15.0 Å². The van der Waals surface area contributed by atoms with Crippen molar-refractivity contribution in [1.82, 2.24) is 9.88 Å². The summed E-state index contributed by atoms with van der Waals surface area (Å²) in [6, 6.07) is 3.73. The topological polar surface area (TPSA) is 54.3 Å². The highest BCUT2D eigenvalue weighted by Crippen LogP contribution is 2.33. The van der Waals surface area contributed by atoms with E-state index in [1.165, 1.54) is 6.42 Å². The maximum absolute atomic E-state index is 12.3. The normalized spacial score (nSPS) is 25.8. The minimum atomic E-state index is -0.719. The molecule has 1 aromatic rings. The lowest BCUT2D eigenvalue weighted by atomic mass is 9.78. The maximum atomic E-state index is 12.3. The summed E-state index contributed by atoms with van der Waals surface area (Å²) in [5.74, 6) is 0.655. The van der Waals surface area contributed by atoms with Crippen LogP contribution in [0.3, 0.4) is 0 Å². The average molecular weight is 292 g/mol. The van der Waals surface area contributed by atoms with Crippen molar-refractivity contribution in [3.63, 3.8) is 0 Å². The molecule has 2 N–H and O–H groups in total. The quantitative estimate of drug-likeness (QED) is 0.847. The van der Waals surface area contributed by atoms with Gasteiger partial charge in [-0.2, -0.15) is 0 Å². The van der Waals surface area contributed by atoms with Crippen molar-refractivity contribution in [1.29, 1.82) is 0 Å². The third-order valence-electron chi connectivity index (χ3n) is 4.72. The Balaban J connectivity index is 1.87. The number of amides is 1. The number of hydrogen-bond acceptors (Lipinski definition) is 2. The molecule has 4 nitrogen and oxygen atoms in total. The van der Waals surface area contributed by atoms with Crippen molar-refractivity contribution in [2.45, 2.75) is 64.5 Å². The molecule has 1 aliphatic rings. The van der Waals surface area contributed by atoms with Gasteiger partial charge in [-0.25, -0.2) is 0 Å². The minimum Gasteiger partial charge on any atom is -0.388 e. The molecule has 0 aromatic carbocycles. The van der Waals surface area contributed by atoms with E-state index in [-0.39, 0.29) is 5.91 Å². The van der Waals surface area contributed by atoms with Gasteiger partial charge in [0.15, 0.2) is 0 Å². The maximum Gasteiger partial charge on any atom is 0.268 e. The Bertz CT molecular complexity index is 459. The zero-order chi connectivity index (χ0) is 15.3. The van der Waals surface area contributed by atoms with E-state index in [1.54, 1.807) is 0 Å². The molecule has 0 spiro atoms. The average Bonchev–Trinajstić information content (AvgIpc) is 2.95. The van der Waals surface area contributed by atoms with Crippen molar-refractivity contribution in [3.05, 3.63) is 24.0 Å². The minimum absolute atomic E-state index is 0.0838. The number of rotatable bonds is 6. The van der Waals surface area contributed by atoms with Gasteiger partial charge in [0.1, 0.15) is 5.69 Å². The predicted octanol–water partition coefficient (Wildman–Crippen LogP) is 2.96. The first-order chi connectivity index (χ1) is 10.1. The van der Waals surface area contributed by atoms with E-state index in [0.717, 1.165) is 44.6 Å². The van der Waals surface area contributed by atoms with Crippen molar-refractivity contribution in [2.75, 3.05) is 6.54 Å². The second-order valence-electron chi connectivity index (χ2n) is 6.35. The lowest BCUT2D eigenvalue weighted by molar-refractivity contribution is -0.00793. The molecule has 1 aromatic heterocycles. The molecule has 0 atom stereocenters. The SMILES string of the molecule is CCCn1cccc1C(=O)NCC1(O)CCC(CC)CC1. The smallest absolute Gasteiger partial charge is 0.268 e. The molecule has 21 heavy (non-hydrogen) atoms. The van der Waals surface area contributed by atoms with Gasteiger partial charge in [-0.05, 0) is 50.2 Å². The van der Waals surface area contributed by atoms with Gasteiger partial charge in [0.2, 0.25) is 0 Å². The fourth-order valence-corrected chi connectivity index (χ4v) is 3.19. The first kappa shape index (κ1) is 16.1. The van der Waals surface area contributed by atoms with Crippen LogP contribution in [-0.4, -0.2) is 27.7 Å². The highest BCUT2D eigenvalue weighted by Gasteiger charge is 2.33. The Kier molecular flexibility index (Phi) is 5.45. The number of aromatic nitrogens is 1. The van der Waals surface area contributed by atoms with Crippen LogP contribution >= 0.6 is 0 Å². The van der Waals surface area contributed by atoms with E-state index in [2.05, 4.69) is 19.2 Å². The van der Waals surface area contributed by atoms with Crippen molar-refractivity contribution < 1.29 is 9.90 Å². The Hall–Kier alpha value is -1.29. The molecule has 0 radical (unpaired) electrons. The number of aryl methyl sites for hydroxylation is 1. The monoisotopic (exact) mass is 292 g/mol. The van der Waals surface area contributed by atoms with Crippen molar-refractivity contribution in [2.24, 2.45) is 5.92 Å². The van der Waals surface area contributed by atoms with Crippen LogP contribution in [0, 0.1) is 5.92 Å². The van der Waals surface area contributed by atoms with Gasteiger partial charge in [0.05, 0.1) is 5.60 Å². The molecule has 0 saturated heterocycles. The van der Waals surface area contributed by atoms with Crippen LogP contribution in [0.1, 0.15) is 62.9 Å². The van der Waals surface area contributed by atoms with Crippen LogP contribution < -0.4 is 5.32 Å². The number of carbonyl (C=O) groups is 1. The first-order valence-corrected chi connectivity index (χ1v) is 8.23. The molecule has 0 bridgehead atoms. The van der Waals surface area contributed by atoms with Gasteiger partial charge in [-0.3, -0.25) is 4.79 Å². The van der Waals surface area contributed by atoms with Crippen LogP contribution in [0.25, 0.3) is 0 Å². The molecule has 1 amide bonds. The van der Waals surface area contributed by atoms with Crippen LogP contribution in [0.15, 0.2) is 18.3 Å². The predicted molar refractivity (Wildman–Crippen MR) is 84.3 cm³/mol. The zero-order valence-corrected chi connectivity index (χ0v) is 13.3. The van der Waals surface area contributed by atoms with Gasteiger partial charge >= 0.3 is 0 Å². The summed E-state index contributed by atoms with van der Waals surface area (Å²) in [6.45, 7) is 5.51. The summed E-state index contributed by atoms with van der Waals surface area (Å²) >= 11 is 0. The number of nitrogens with zero attached hydrogens (tertiary/aromatic N) is 1. The number of nitrogens with one attached hydrogen (secondary N) is 1.